The molecule has 12 aromatic carbocycles. The Morgan fingerprint density at radius 2 is 0.447 bits per heavy atom. The lowest BCUT2D eigenvalue weighted by Gasteiger charge is -2.39. The predicted molar refractivity (Wildman–Crippen MR) is 313 cm³/mol. The summed E-state index contributed by atoms with van der Waals surface area (Å²) in [5.74, 6) is 0. The molecule has 15 rings (SSSR count). The summed E-state index contributed by atoms with van der Waals surface area (Å²) in [4.78, 5) is 2.69. The number of anilines is 3. The van der Waals surface area contributed by atoms with E-state index in [1.165, 1.54) is 100 Å². The lowest BCUT2D eigenvalue weighted by molar-refractivity contribution is 0.765. The summed E-state index contributed by atoms with van der Waals surface area (Å²) in [6, 6.07) is 116. The van der Waals surface area contributed by atoms with Gasteiger partial charge in [0.1, 0.15) is 0 Å². The van der Waals surface area contributed by atoms with Gasteiger partial charge >= 0.3 is 0 Å². The Morgan fingerprint density at radius 3 is 0.829 bits per heavy atom. The highest BCUT2D eigenvalue weighted by atomic mass is 15.2. The van der Waals surface area contributed by atoms with Crippen LogP contribution in [0.2, 0.25) is 0 Å². The number of rotatable bonds is 9. The van der Waals surface area contributed by atoms with Gasteiger partial charge in [-0.1, -0.05) is 291 Å². The average molecular weight is 966 g/mol. The molecule has 0 bridgehead atoms. The topological polar surface area (TPSA) is 3.24 Å². The molecule has 0 saturated heterocycles. The second-order valence-corrected chi connectivity index (χ2v) is 20.5. The summed E-state index contributed by atoms with van der Waals surface area (Å²) in [7, 11) is 0. The van der Waals surface area contributed by atoms with Crippen LogP contribution in [0, 0.1) is 0 Å². The van der Waals surface area contributed by atoms with E-state index >= 15 is 0 Å². The van der Waals surface area contributed by atoms with Gasteiger partial charge in [0.2, 0.25) is 0 Å². The third-order valence-corrected chi connectivity index (χ3v) is 17.1. The molecule has 356 valence electrons. The van der Waals surface area contributed by atoms with Gasteiger partial charge in [-0.15, -0.1) is 0 Å². The minimum Gasteiger partial charge on any atom is -0.309 e. The van der Waals surface area contributed by atoms with Crippen LogP contribution in [0.25, 0.3) is 33.4 Å². The Hall–Kier alpha value is -9.56. The van der Waals surface area contributed by atoms with Crippen molar-refractivity contribution in [2.24, 2.45) is 0 Å². The first kappa shape index (κ1) is 44.0. The van der Waals surface area contributed by atoms with Gasteiger partial charge in [-0.2, -0.15) is 0 Å². The zero-order chi connectivity index (χ0) is 50.3. The van der Waals surface area contributed by atoms with Gasteiger partial charge in [-0.25, -0.2) is 0 Å². The van der Waals surface area contributed by atoms with E-state index in [-0.39, 0.29) is 0 Å². The molecule has 12 aromatic rings. The first-order chi connectivity index (χ1) is 37.8. The molecule has 0 atom stereocenters. The van der Waals surface area contributed by atoms with Crippen LogP contribution in [0.4, 0.5) is 17.1 Å². The molecule has 0 fully saturated rings. The van der Waals surface area contributed by atoms with Gasteiger partial charge in [-0.05, 0) is 102 Å². The fourth-order valence-electron chi connectivity index (χ4n) is 14.4. The van der Waals surface area contributed by atoms with Crippen LogP contribution in [0.3, 0.4) is 0 Å². The fraction of sp³-hybridized carbons (Fsp3) is 0.0400. The van der Waals surface area contributed by atoms with Gasteiger partial charge in [0.15, 0.2) is 0 Å². The molecular weight excluding hydrogens is 915 g/mol. The summed E-state index contributed by atoms with van der Waals surface area (Å²) in [6.07, 6.45) is 0. The molecule has 0 amide bonds. The van der Waals surface area contributed by atoms with E-state index in [0.29, 0.717) is 0 Å². The van der Waals surface area contributed by atoms with Crippen molar-refractivity contribution in [2.75, 3.05) is 4.90 Å². The second kappa shape index (κ2) is 17.3. The molecule has 0 N–H and O–H groups in total. The molecule has 0 aliphatic heterocycles. The monoisotopic (exact) mass is 965 g/mol. The van der Waals surface area contributed by atoms with Crippen LogP contribution in [0.5, 0.6) is 0 Å². The third kappa shape index (κ3) is 5.91. The Balaban J connectivity index is 1.13. The smallest absolute Gasteiger partial charge is 0.0734 e. The lowest BCUT2D eigenvalue weighted by Crippen LogP contribution is -2.31. The molecule has 0 unspecified atom stereocenters. The number of nitrogens with zero attached hydrogens (tertiary/aromatic N) is 1. The van der Waals surface area contributed by atoms with Crippen LogP contribution < -0.4 is 4.90 Å². The van der Waals surface area contributed by atoms with E-state index in [4.69, 9.17) is 0 Å². The van der Waals surface area contributed by atoms with E-state index in [2.05, 4.69) is 314 Å². The molecule has 0 aromatic heterocycles. The van der Waals surface area contributed by atoms with Gasteiger partial charge in [-0.3, -0.25) is 0 Å². The highest BCUT2D eigenvalue weighted by Crippen LogP contribution is 2.66. The Kier molecular flexibility index (Phi) is 9.99. The van der Waals surface area contributed by atoms with Crippen molar-refractivity contribution in [3.63, 3.8) is 0 Å². The van der Waals surface area contributed by atoms with Gasteiger partial charge in [0.05, 0.1) is 33.3 Å². The lowest BCUT2D eigenvalue weighted by atomic mass is 9.67. The molecule has 1 heteroatoms. The van der Waals surface area contributed by atoms with E-state index in [0.717, 1.165) is 17.1 Å². The summed E-state index contributed by atoms with van der Waals surface area (Å²) >= 11 is 0. The predicted octanol–water partition coefficient (Wildman–Crippen LogP) is 18.2. The molecule has 3 aliphatic rings. The van der Waals surface area contributed by atoms with E-state index in [1.807, 2.05) is 0 Å². The minimum atomic E-state index is -0.690. The highest BCUT2D eigenvalue weighted by Gasteiger charge is 2.52. The Morgan fingerprint density at radius 1 is 0.184 bits per heavy atom. The van der Waals surface area contributed by atoms with Crippen molar-refractivity contribution < 1.29 is 0 Å². The maximum atomic E-state index is 2.69. The molecular formula is C75H51N. The number of hydrogen-bond acceptors (Lipinski definition) is 1. The summed E-state index contributed by atoms with van der Waals surface area (Å²) in [5.41, 5.74) is 23.9. The summed E-state index contributed by atoms with van der Waals surface area (Å²) < 4.78 is 0. The van der Waals surface area contributed by atoms with Crippen LogP contribution in [-0.4, -0.2) is 0 Å². The number of benzene rings is 12. The Bertz CT molecular complexity index is 3850. The summed E-state index contributed by atoms with van der Waals surface area (Å²) in [5, 5.41) is 0. The van der Waals surface area contributed by atoms with Gasteiger partial charge < -0.3 is 4.90 Å². The van der Waals surface area contributed by atoms with E-state index in [9.17, 15) is 0 Å². The molecule has 0 saturated carbocycles. The largest absolute Gasteiger partial charge is 0.309 e. The molecule has 0 radical (unpaired) electrons. The first-order valence-electron chi connectivity index (χ1n) is 26.6. The standard InChI is InChI=1S/C75H51N/c1-7-28-52(29-8-1)73(53-30-9-2-10-31-53)63-45-23-20-41-60(63)70-65(73)47-26-49-67(70)76(68-50-27-48-66-71(68)61-42-21-24-46-64(61)74(66,54-32-11-3-12-33-54)55-34-13-4-14-35-55)69-51-25-43-59-58-40-19-22-44-62(58)75(72(59)69,56-36-15-5-16-37-56)57-38-17-6-18-39-57/h1-51H. The van der Waals surface area contributed by atoms with Crippen LogP contribution in [0.1, 0.15) is 66.8 Å². The maximum absolute atomic E-state index is 2.69. The highest BCUT2D eigenvalue weighted by molar-refractivity contribution is 6.05. The van der Waals surface area contributed by atoms with Crippen LogP contribution in [0.15, 0.2) is 309 Å². The van der Waals surface area contributed by atoms with Crippen molar-refractivity contribution in [1.29, 1.82) is 0 Å². The quantitative estimate of drug-likeness (QED) is 0.139. The fourth-order valence-corrected chi connectivity index (χ4v) is 14.4. The molecule has 76 heavy (non-hydrogen) atoms. The van der Waals surface area contributed by atoms with Crippen LogP contribution >= 0.6 is 0 Å². The first-order valence-corrected chi connectivity index (χ1v) is 26.6. The van der Waals surface area contributed by atoms with Crippen molar-refractivity contribution >= 4 is 17.1 Å². The van der Waals surface area contributed by atoms with Crippen molar-refractivity contribution in [3.8, 4) is 33.4 Å². The molecule has 0 spiro atoms. The van der Waals surface area contributed by atoms with Gasteiger partial charge in [0.25, 0.3) is 0 Å². The summed E-state index contributed by atoms with van der Waals surface area (Å²) in [6.45, 7) is 0. The van der Waals surface area contributed by atoms with Crippen molar-refractivity contribution in [1.82, 2.24) is 0 Å². The Labute approximate surface area is 445 Å². The van der Waals surface area contributed by atoms with Crippen molar-refractivity contribution in [2.45, 2.75) is 16.2 Å². The number of fused-ring (bicyclic) bond motifs is 9. The zero-order valence-corrected chi connectivity index (χ0v) is 41.9. The second-order valence-electron chi connectivity index (χ2n) is 20.5. The normalized spacial score (nSPS) is 14.4. The van der Waals surface area contributed by atoms with E-state index in [1.54, 1.807) is 0 Å². The molecule has 1 nitrogen and oxygen atoms in total. The van der Waals surface area contributed by atoms with Crippen molar-refractivity contribution in [3.05, 3.63) is 376 Å². The van der Waals surface area contributed by atoms with Crippen LogP contribution in [-0.2, 0) is 16.2 Å². The third-order valence-electron chi connectivity index (χ3n) is 17.1. The molecule has 0 heterocycles. The zero-order valence-electron chi connectivity index (χ0n) is 41.9. The van der Waals surface area contributed by atoms with E-state index < -0.39 is 16.2 Å². The average Bonchev–Trinajstić information content (AvgIpc) is 4.21. The molecule has 3 aliphatic carbocycles. The number of hydrogen-bond donors (Lipinski definition) is 0. The maximum Gasteiger partial charge on any atom is 0.0734 e. The van der Waals surface area contributed by atoms with Gasteiger partial charge in [0, 0.05) is 16.7 Å². The SMILES string of the molecule is c1ccc(C2(c3ccccc3)c3ccccc3-c3c(N(c4cccc5c4-c4ccccc4C5(c4ccccc4)c4ccccc4)c4cccc5c4C(c4ccccc4)(c4ccccc4)c4ccccc4-5)cccc32)cc1. The minimum absolute atomic E-state index is 0.607.